The van der Waals surface area contributed by atoms with E-state index in [0.29, 0.717) is 44.7 Å². The van der Waals surface area contributed by atoms with Crippen molar-refractivity contribution in [3.63, 3.8) is 0 Å². The van der Waals surface area contributed by atoms with Gasteiger partial charge in [0, 0.05) is 44.2 Å². The smallest absolute Gasteiger partial charge is 0.409 e. The van der Waals surface area contributed by atoms with Gasteiger partial charge in [-0.3, -0.25) is 9.69 Å². The Morgan fingerprint density at radius 2 is 1.98 bits per heavy atom. The molecule has 6 aliphatic rings. The van der Waals surface area contributed by atoms with E-state index in [9.17, 15) is 19.5 Å². The summed E-state index contributed by atoms with van der Waals surface area (Å²) >= 11 is 0. The minimum atomic E-state index is -0.701. The van der Waals surface area contributed by atoms with Crippen molar-refractivity contribution in [2.75, 3.05) is 46.4 Å². The first-order valence-electron chi connectivity index (χ1n) is 15.5. The third-order valence-electron chi connectivity index (χ3n) is 12.5. The summed E-state index contributed by atoms with van der Waals surface area (Å²) in [5.41, 5.74) is 0.336. The molecule has 222 valence electrons. The zero-order valence-corrected chi connectivity index (χ0v) is 24.5. The predicted molar refractivity (Wildman–Crippen MR) is 148 cm³/mol. The van der Waals surface area contributed by atoms with Crippen molar-refractivity contribution in [1.29, 1.82) is 0 Å². The van der Waals surface area contributed by atoms with Gasteiger partial charge in [-0.1, -0.05) is 13.8 Å². The molecule has 2 heterocycles. The highest BCUT2D eigenvalue weighted by Gasteiger charge is 2.67. The van der Waals surface area contributed by atoms with Crippen molar-refractivity contribution in [3.05, 3.63) is 11.6 Å². The fraction of sp³-hybridized carbons (Fsp3) is 0.839. The number of carbonyl (C=O) groups is 3. The molecule has 5 fully saturated rings. The highest BCUT2D eigenvalue weighted by molar-refractivity contribution is 5.85. The van der Waals surface area contributed by atoms with Gasteiger partial charge in [0.25, 0.3) is 0 Å². The van der Waals surface area contributed by atoms with Crippen molar-refractivity contribution < 1.29 is 29.0 Å². The largest absolute Gasteiger partial charge is 0.458 e. The Morgan fingerprint density at radius 1 is 1.15 bits per heavy atom. The number of cyclic esters (lactones) is 1. The average Bonchev–Trinajstić information content (AvgIpc) is 3.47. The van der Waals surface area contributed by atoms with Crippen molar-refractivity contribution in [3.8, 4) is 0 Å². The zero-order valence-electron chi connectivity index (χ0n) is 24.5. The number of carbonyl (C=O) groups excluding carboxylic acids is 3. The van der Waals surface area contributed by atoms with Gasteiger partial charge in [-0.2, -0.15) is 0 Å². The number of fused-ring (bicyclic) bond motifs is 5. The second kappa shape index (κ2) is 10.3. The topological polar surface area (TPSA) is 108 Å². The lowest BCUT2D eigenvalue weighted by atomic mass is 9.43. The Bertz CT molecular complexity index is 1080. The molecule has 8 atom stereocenters. The third kappa shape index (κ3) is 4.46. The molecule has 0 aromatic carbocycles. The highest BCUT2D eigenvalue weighted by atomic mass is 16.6. The van der Waals surface area contributed by atoms with Crippen LogP contribution in [0.25, 0.3) is 0 Å². The number of nitrogens with one attached hydrogen (secondary N) is 1. The van der Waals surface area contributed by atoms with Crippen LogP contribution in [0.4, 0.5) is 4.79 Å². The van der Waals surface area contributed by atoms with Gasteiger partial charge in [-0.05, 0) is 92.4 Å². The van der Waals surface area contributed by atoms with Crippen LogP contribution in [-0.2, 0) is 19.1 Å². The summed E-state index contributed by atoms with van der Waals surface area (Å²) in [6, 6.07) is 0.169. The van der Waals surface area contributed by atoms with Crippen LogP contribution >= 0.6 is 0 Å². The molecule has 40 heavy (non-hydrogen) atoms. The van der Waals surface area contributed by atoms with Gasteiger partial charge in [0.1, 0.15) is 13.2 Å². The number of hydrogen-bond donors (Lipinski definition) is 2. The first-order valence-corrected chi connectivity index (χ1v) is 15.5. The normalized spacial score (nSPS) is 43.1. The molecule has 2 aliphatic heterocycles. The van der Waals surface area contributed by atoms with E-state index >= 15 is 0 Å². The number of rotatable bonds is 5. The third-order valence-corrected chi connectivity index (χ3v) is 12.5. The first kappa shape index (κ1) is 28.0. The van der Waals surface area contributed by atoms with Crippen molar-refractivity contribution >= 4 is 18.0 Å². The summed E-state index contributed by atoms with van der Waals surface area (Å²) in [6.07, 6.45) is 10.4. The van der Waals surface area contributed by atoms with Gasteiger partial charge in [-0.25, -0.2) is 9.59 Å². The number of nitrogens with zero attached hydrogens (tertiary/aromatic N) is 2. The summed E-state index contributed by atoms with van der Waals surface area (Å²) in [5.74, 6) is 1.30. The fourth-order valence-electron chi connectivity index (χ4n) is 10.1. The van der Waals surface area contributed by atoms with E-state index in [1.165, 1.54) is 0 Å². The van der Waals surface area contributed by atoms with Gasteiger partial charge in [0.05, 0.1) is 12.1 Å². The number of amides is 2. The van der Waals surface area contributed by atoms with Crippen LogP contribution < -0.4 is 5.32 Å². The molecule has 2 amide bonds. The van der Waals surface area contributed by atoms with E-state index in [4.69, 9.17) is 9.47 Å². The maximum Gasteiger partial charge on any atom is 0.409 e. The minimum absolute atomic E-state index is 0.0226. The van der Waals surface area contributed by atoms with Crippen molar-refractivity contribution in [2.24, 2.45) is 34.5 Å². The molecule has 0 spiro atoms. The Kier molecular flexibility index (Phi) is 7.21. The van der Waals surface area contributed by atoms with E-state index in [-0.39, 0.29) is 46.7 Å². The van der Waals surface area contributed by atoms with Crippen molar-refractivity contribution in [1.82, 2.24) is 15.1 Å². The molecule has 9 nitrogen and oxygen atoms in total. The van der Waals surface area contributed by atoms with E-state index in [2.05, 4.69) is 19.2 Å². The molecule has 0 bridgehead atoms. The lowest BCUT2D eigenvalue weighted by Gasteiger charge is -2.64. The summed E-state index contributed by atoms with van der Waals surface area (Å²) in [6.45, 7) is 7.77. The quantitative estimate of drug-likeness (QED) is 0.500. The van der Waals surface area contributed by atoms with Crippen LogP contribution in [0.15, 0.2) is 11.6 Å². The average molecular weight is 558 g/mol. The standard InChI is InChI=1S/C31H47N3O6/c1-29-9-6-22(33(3)28(37)39-15-14-34-13-12-32-26(35)18-34)17-21(29)4-5-25-24(29)7-10-30(2)23(8-11-31(25,30)38)20-16-27(36)40-19-20/h16,21-25,38H,4-15,17-19H2,1-3H3,(H,32,35)/t21-,22+,23-,24+,25-,29+,30-,31+/m1/s1. The molecule has 6 rings (SSSR count). The van der Waals surface area contributed by atoms with E-state index < -0.39 is 5.60 Å². The Balaban J connectivity index is 1.07. The van der Waals surface area contributed by atoms with Gasteiger partial charge in [0.15, 0.2) is 0 Å². The molecule has 9 heteroatoms. The van der Waals surface area contributed by atoms with Gasteiger partial charge >= 0.3 is 12.1 Å². The SMILES string of the molecule is CN(C(=O)OCCN1CCNC(=O)C1)[C@H]1CC[C@@]2(C)[C@H](CC[C@@H]3[C@@H]2CC[C@]2(C)[C@@H](C4=CC(=O)OC4)CC[C@]32O)C1. The van der Waals surface area contributed by atoms with Crippen LogP contribution in [0.5, 0.6) is 0 Å². The Labute approximate surface area is 238 Å². The van der Waals surface area contributed by atoms with E-state index in [1.807, 2.05) is 11.9 Å². The zero-order chi connectivity index (χ0) is 28.3. The van der Waals surface area contributed by atoms with Gasteiger partial charge in [-0.15, -0.1) is 0 Å². The summed E-state index contributed by atoms with van der Waals surface area (Å²) in [7, 11) is 1.87. The molecular formula is C31H47N3O6. The van der Waals surface area contributed by atoms with E-state index in [1.54, 1.807) is 11.0 Å². The molecule has 0 aromatic rings. The van der Waals surface area contributed by atoms with Crippen molar-refractivity contribution in [2.45, 2.75) is 83.3 Å². The highest BCUT2D eigenvalue weighted by Crippen LogP contribution is 2.70. The maximum atomic E-state index is 12.9. The maximum absolute atomic E-state index is 12.9. The second-order valence-electron chi connectivity index (χ2n) is 14.1. The second-order valence-corrected chi connectivity index (χ2v) is 14.1. The predicted octanol–water partition coefficient (Wildman–Crippen LogP) is 3.11. The molecule has 4 aliphatic carbocycles. The lowest BCUT2D eigenvalue weighted by molar-refractivity contribution is -0.206. The van der Waals surface area contributed by atoms with Crippen LogP contribution in [0, 0.1) is 34.5 Å². The number of aliphatic hydroxyl groups is 1. The number of ether oxygens (including phenoxy) is 2. The monoisotopic (exact) mass is 557 g/mol. The van der Waals surface area contributed by atoms with Gasteiger partial charge < -0.3 is 24.8 Å². The first-order chi connectivity index (χ1) is 19.0. The fourth-order valence-corrected chi connectivity index (χ4v) is 10.1. The Hall–Kier alpha value is -2.13. The summed E-state index contributed by atoms with van der Waals surface area (Å²) in [5, 5.41) is 15.2. The summed E-state index contributed by atoms with van der Waals surface area (Å²) in [4.78, 5) is 40.1. The number of piperazine rings is 1. The molecule has 0 radical (unpaired) electrons. The molecule has 0 aromatic heterocycles. The number of esters is 1. The molecule has 2 N–H and O–H groups in total. The molecule has 4 saturated carbocycles. The molecule has 0 unspecified atom stereocenters. The van der Waals surface area contributed by atoms with Gasteiger partial charge in [0.2, 0.25) is 5.91 Å². The van der Waals surface area contributed by atoms with Crippen LogP contribution in [0.2, 0.25) is 0 Å². The Morgan fingerprint density at radius 3 is 2.73 bits per heavy atom. The minimum Gasteiger partial charge on any atom is -0.458 e. The lowest BCUT2D eigenvalue weighted by Crippen LogP contribution is -2.62. The van der Waals surface area contributed by atoms with Crippen LogP contribution in [-0.4, -0.2) is 91.0 Å². The van der Waals surface area contributed by atoms with E-state index in [0.717, 1.165) is 69.9 Å². The summed E-state index contributed by atoms with van der Waals surface area (Å²) < 4.78 is 10.9. The molecular weight excluding hydrogens is 510 g/mol. The number of hydrogen-bond acceptors (Lipinski definition) is 7. The van der Waals surface area contributed by atoms with Crippen LogP contribution in [0.1, 0.15) is 71.6 Å². The van der Waals surface area contributed by atoms with Crippen LogP contribution in [0.3, 0.4) is 0 Å². The molecule has 1 saturated heterocycles.